The predicted molar refractivity (Wildman–Crippen MR) is 88.5 cm³/mol. The van der Waals surface area contributed by atoms with Crippen LogP contribution in [-0.4, -0.2) is 5.11 Å². The van der Waals surface area contributed by atoms with E-state index in [-0.39, 0.29) is 6.10 Å². The summed E-state index contributed by atoms with van der Waals surface area (Å²) in [4.78, 5) is 0. The zero-order valence-electron chi connectivity index (χ0n) is 14.3. The first-order valence-electron chi connectivity index (χ1n) is 8.16. The zero-order valence-corrected chi connectivity index (χ0v) is 14.3. The van der Waals surface area contributed by atoms with Crippen LogP contribution in [0.5, 0.6) is 0 Å². The van der Waals surface area contributed by atoms with Crippen molar-refractivity contribution >= 4 is 0 Å². The van der Waals surface area contributed by atoms with Gasteiger partial charge in [0.05, 0.1) is 6.10 Å². The van der Waals surface area contributed by atoms with Crippen LogP contribution in [0.3, 0.4) is 0 Å². The highest BCUT2D eigenvalue weighted by molar-refractivity contribution is 5.50. The van der Waals surface area contributed by atoms with Crippen LogP contribution in [0.25, 0.3) is 0 Å². The largest absolute Gasteiger partial charge is 0.388 e. The Labute approximate surface area is 125 Å². The fourth-order valence-electron chi connectivity index (χ4n) is 3.11. The van der Waals surface area contributed by atoms with E-state index in [1.807, 2.05) is 0 Å². The highest BCUT2D eigenvalue weighted by Gasteiger charge is 2.18. The van der Waals surface area contributed by atoms with E-state index in [4.69, 9.17) is 0 Å². The smallest absolute Gasteiger partial charge is 0.0795 e. The third-order valence-electron chi connectivity index (χ3n) is 4.97. The molecule has 1 unspecified atom stereocenters. The Morgan fingerprint density at radius 1 is 0.700 bits per heavy atom. The number of aliphatic hydroxyl groups is 1. The average molecular weight is 276 g/mol. The van der Waals surface area contributed by atoms with Gasteiger partial charge in [-0.25, -0.2) is 0 Å². The van der Waals surface area contributed by atoms with Crippen molar-refractivity contribution in [2.75, 3.05) is 0 Å². The Morgan fingerprint density at radius 3 is 1.65 bits per heavy atom. The summed E-state index contributed by atoms with van der Waals surface area (Å²) in [6, 6.07) is 0. The molecule has 0 aromatic heterocycles. The minimum atomic E-state index is -0.297. The maximum Gasteiger partial charge on any atom is 0.0795 e. The SMILES string of the molecule is CCCCCCCC(O)c1c(C)c(C)c(C)c(C)c1C. The second-order valence-corrected chi connectivity index (χ2v) is 6.26. The number of aliphatic hydroxyl groups excluding tert-OH is 1. The number of unbranched alkanes of at least 4 members (excludes halogenated alkanes) is 4. The Hall–Kier alpha value is -0.820. The molecule has 0 spiro atoms. The fourth-order valence-corrected chi connectivity index (χ4v) is 3.11. The Balaban J connectivity index is 2.80. The lowest BCUT2D eigenvalue weighted by atomic mass is 9.86. The van der Waals surface area contributed by atoms with Crippen molar-refractivity contribution in [3.05, 3.63) is 33.4 Å². The molecule has 1 rings (SSSR count). The van der Waals surface area contributed by atoms with E-state index in [0.717, 1.165) is 12.8 Å². The third kappa shape index (κ3) is 3.85. The minimum Gasteiger partial charge on any atom is -0.388 e. The molecule has 1 nitrogen and oxygen atoms in total. The molecule has 1 aromatic carbocycles. The summed E-state index contributed by atoms with van der Waals surface area (Å²) in [5.74, 6) is 0. The van der Waals surface area contributed by atoms with Gasteiger partial charge in [0.1, 0.15) is 0 Å². The van der Waals surface area contributed by atoms with Crippen molar-refractivity contribution in [3.8, 4) is 0 Å². The molecule has 1 aromatic rings. The van der Waals surface area contributed by atoms with Gasteiger partial charge in [-0.3, -0.25) is 0 Å². The second kappa shape index (κ2) is 7.83. The van der Waals surface area contributed by atoms with Crippen LogP contribution < -0.4 is 0 Å². The van der Waals surface area contributed by atoms with Gasteiger partial charge >= 0.3 is 0 Å². The summed E-state index contributed by atoms with van der Waals surface area (Å²) in [6.45, 7) is 13.1. The molecule has 0 fully saturated rings. The molecule has 0 radical (unpaired) electrons. The van der Waals surface area contributed by atoms with Gasteiger partial charge in [-0.2, -0.15) is 0 Å². The van der Waals surface area contributed by atoms with Gasteiger partial charge in [-0.15, -0.1) is 0 Å². The maximum absolute atomic E-state index is 10.6. The highest BCUT2D eigenvalue weighted by atomic mass is 16.3. The fraction of sp³-hybridized carbons (Fsp3) is 0.684. The monoisotopic (exact) mass is 276 g/mol. The van der Waals surface area contributed by atoms with E-state index in [9.17, 15) is 5.11 Å². The lowest BCUT2D eigenvalue weighted by molar-refractivity contribution is 0.161. The number of hydrogen-bond acceptors (Lipinski definition) is 1. The van der Waals surface area contributed by atoms with Gasteiger partial charge in [-0.1, -0.05) is 39.0 Å². The standard InChI is InChI=1S/C19H32O/c1-7-8-9-10-11-12-18(20)19-16(5)14(3)13(2)15(4)17(19)6/h18,20H,7-12H2,1-6H3. The molecule has 0 aliphatic heterocycles. The Morgan fingerprint density at radius 2 is 1.15 bits per heavy atom. The predicted octanol–water partition coefficient (Wildman–Crippen LogP) is 5.62. The van der Waals surface area contributed by atoms with Gasteiger partial charge in [0.15, 0.2) is 0 Å². The van der Waals surface area contributed by atoms with Crippen molar-refractivity contribution in [1.29, 1.82) is 0 Å². The highest BCUT2D eigenvalue weighted by Crippen LogP contribution is 2.32. The molecular formula is C19H32O. The van der Waals surface area contributed by atoms with Crippen LogP contribution in [0.1, 0.15) is 84.9 Å². The average Bonchev–Trinajstić information content (AvgIpc) is 2.43. The molecule has 20 heavy (non-hydrogen) atoms. The first kappa shape index (κ1) is 17.2. The van der Waals surface area contributed by atoms with Crippen LogP contribution in [0.2, 0.25) is 0 Å². The second-order valence-electron chi connectivity index (χ2n) is 6.26. The van der Waals surface area contributed by atoms with E-state index in [1.165, 1.54) is 59.1 Å². The van der Waals surface area contributed by atoms with Crippen LogP contribution in [-0.2, 0) is 0 Å². The van der Waals surface area contributed by atoms with Crippen molar-refractivity contribution in [3.63, 3.8) is 0 Å². The van der Waals surface area contributed by atoms with E-state index in [0.29, 0.717) is 0 Å². The molecule has 1 N–H and O–H groups in total. The molecule has 0 saturated carbocycles. The van der Waals surface area contributed by atoms with Crippen molar-refractivity contribution in [2.45, 2.75) is 86.2 Å². The van der Waals surface area contributed by atoms with Crippen LogP contribution in [0.4, 0.5) is 0 Å². The van der Waals surface area contributed by atoms with Gasteiger partial charge in [-0.05, 0) is 74.4 Å². The van der Waals surface area contributed by atoms with E-state index in [2.05, 4.69) is 41.5 Å². The van der Waals surface area contributed by atoms with Crippen LogP contribution in [0.15, 0.2) is 0 Å². The Kier molecular flexibility index (Phi) is 6.75. The number of rotatable bonds is 7. The van der Waals surface area contributed by atoms with Gasteiger partial charge < -0.3 is 5.11 Å². The molecule has 114 valence electrons. The van der Waals surface area contributed by atoms with Crippen molar-refractivity contribution < 1.29 is 5.11 Å². The topological polar surface area (TPSA) is 20.2 Å². The molecule has 1 heteroatoms. The number of hydrogen-bond donors (Lipinski definition) is 1. The van der Waals surface area contributed by atoms with Crippen LogP contribution in [0, 0.1) is 34.6 Å². The van der Waals surface area contributed by atoms with Crippen molar-refractivity contribution in [1.82, 2.24) is 0 Å². The molecule has 0 amide bonds. The van der Waals surface area contributed by atoms with Gasteiger partial charge in [0.2, 0.25) is 0 Å². The zero-order chi connectivity index (χ0) is 15.3. The first-order valence-corrected chi connectivity index (χ1v) is 8.16. The molecule has 0 aliphatic carbocycles. The lowest BCUT2D eigenvalue weighted by Crippen LogP contribution is -2.08. The molecule has 0 aliphatic rings. The molecule has 1 atom stereocenters. The number of benzene rings is 1. The molecular weight excluding hydrogens is 244 g/mol. The quantitative estimate of drug-likeness (QED) is 0.641. The van der Waals surface area contributed by atoms with Crippen LogP contribution >= 0.6 is 0 Å². The van der Waals surface area contributed by atoms with Crippen molar-refractivity contribution in [2.24, 2.45) is 0 Å². The van der Waals surface area contributed by atoms with E-state index in [1.54, 1.807) is 0 Å². The van der Waals surface area contributed by atoms with Gasteiger partial charge in [0, 0.05) is 0 Å². The maximum atomic E-state index is 10.6. The van der Waals surface area contributed by atoms with E-state index < -0.39 is 0 Å². The van der Waals surface area contributed by atoms with Gasteiger partial charge in [0.25, 0.3) is 0 Å². The molecule has 0 saturated heterocycles. The molecule has 0 heterocycles. The first-order chi connectivity index (χ1) is 9.41. The summed E-state index contributed by atoms with van der Waals surface area (Å²) in [5, 5.41) is 10.6. The normalized spacial score (nSPS) is 12.8. The minimum absolute atomic E-state index is 0.297. The summed E-state index contributed by atoms with van der Waals surface area (Å²) in [7, 11) is 0. The summed E-state index contributed by atoms with van der Waals surface area (Å²) < 4.78 is 0. The summed E-state index contributed by atoms with van der Waals surface area (Å²) in [6.07, 6.45) is 6.86. The summed E-state index contributed by atoms with van der Waals surface area (Å²) >= 11 is 0. The third-order valence-corrected chi connectivity index (χ3v) is 4.97. The lowest BCUT2D eigenvalue weighted by Gasteiger charge is -2.22. The Bertz CT molecular complexity index is 417. The summed E-state index contributed by atoms with van der Waals surface area (Å²) in [5.41, 5.74) is 7.81. The van der Waals surface area contributed by atoms with E-state index >= 15 is 0 Å². The molecule has 0 bridgehead atoms.